The number of amides is 1. The summed E-state index contributed by atoms with van der Waals surface area (Å²) >= 11 is 1.61. The van der Waals surface area contributed by atoms with Gasteiger partial charge in [-0.2, -0.15) is 0 Å². The van der Waals surface area contributed by atoms with Crippen molar-refractivity contribution in [2.45, 2.75) is 25.3 Å². The zero-order chi connectivity index (χ0) is 13.5. The first-order valence-corrected chi connectivity index (χ1v) is 7.33. The first kappa shape index (κ1) is 12.6. The lowest BCUT2D eigenvalue weighted by Crippen LogP contribution is -2.48. The highest BCUT2D eigenvalue weighted by atomic mass is 32.1. The molecular weight excluding hydrogens is 258 g/mol. The molecule has 4 nitrogen and oxygen atoms in total. The molecule has 1 saturated heterocycles. The summed E-state index contributed by atoms with van der Waals surface area (Å²) in [6.07, 6.45) is 1.99. The highest BCUT2D eigenvalue weighted by Gasteiger charge is 2.40. The van der Waals surface area contributed by atoms with Crippen molar-refractivity contribution in [3.05, 3.63) is 23.7 Å². The fourth-order valence-electron chi connectivity index (χ4n) is 2.59. The minimum Gasteiger partial charge on any atom is -0.324 e. The maximum Gasteiger partial charge on any atom is 0.244 e. The average Bonchev–Trinajstić information content (AvgIpc) is 2.97. The number of nitrogens with zero attached hydrogens (tertiary/aromatic N) is 2. The number of benzene rings is 1. The van der Waals surface area contributed by atoms with Gasteiger partial charge in [-0.25, -0.2) is 4.98 Å². The van der Waals surface area contributed by atoms with E-state index in [1.54, 1.807) is 11.3 Å². The van der Waals surface area contributed by atoms with Crippen LogP contribution in [0.5, 0.6) is 0 Å². The second-order valence-corrected chi connectivity index (χ2v) is 6.17. The number of likely N-dealkylation sites (N-methyl/N-ethyl adjacent to an activating group) is 1. The third kappa shape index (κ3) is 2.13. The molecule has 0 radical (unpaired) electrons. The Hall–Kier alpha value is -1.46. The van der Waals surface area contributed by atoms with Crippen LogP contribution in [0.1, 0.15) is 19.8 Å². The number of likely N-dealkylation sites (tertiary alicyclic amines) is 1. The largest absolute Gasteiger partial charge is 0.324 e. The molecule has 19 heavy (non-hydrogen) atoms. The molecule has 1 aromatic carbocycles. The third-order valence-electron chi connectivity index (χ3n) is 4.08. The molecule has 1 aliphatic rings. The number of fused-ring (bicyclic) bond motifs is 1. The number of hydrogen-bond acceptors (Lipinski definition) is 4. The summed E-state index contributed by atoms with van der Waals surface area (Å²) < 4.78 is 1.14. The molecule has 1 fully saturated rings. The quantitative estimate of drug-likeness (QED) is 0.916. The molecule has 2 aromatic rings. The van der Waals surface area contributed by atoms with E-state index in [4.69, 9.17) is 0 Å². The van der Waals surface area contributed by atoms with Gasteiger partial charge in [-0.15, -0.1) is 11.3 Å². The molecule has 2 heterocycles. The Bertz CT molecular complexity index is 624. The van der Waals surface area contributed by atoms with Crippen molar-refractivity contribution in [2.75, 3.05) is 18.9 Å². The molecule has 1 amide bonds. The van der Waals surface area contributed by atoms with E-state index in [0.717, 1.165) is 35.3 Å². The normalized spacial score (nSPS) is 23.9. The van der Waals surface area contributed by atoms with Crippen LogP contribution in [-0.4, -0.2) is 34.9 Å². The van der Waals surface area contributed by atoms with E-state index in [1.165, 1.54) is 0 Å². The minimum atomic E-state index is -0.392. The van der Waals surface area contributed by atoms with Gasteiger partial charge in [-0.05, 0) is 51.6 Å². The molecule has 1 N–H and O–H groups in total. The molecule has 1 atom stereocenters. The molecule has 1 aromatic heterocycles. The van der Waals surface area contributed by atoms with Crippen molar-refractivity contribution in [1.29, 1.82) is 0 Å². The van der Waals surface area contributed by atoms with E-state index in [2.05, 4.69) is 15.2 Å². The van der Waals surface area contributed by atoms with Gasteiger partial charge in [0, 0.05) is 5.69 Å². The van der Waals surface area contributed by atoms with E-state index in [-0.39, 0.29) is 5.91 Å². The number of thiazole rings is 1. The van der Waals surface area contributed by atoms with Crippen molar-refractivity contribution in [3.63, 3.8) is 0 Å². The number of aromatic nitrogens is 1. The lowest BCUT2D eigenvalue weighted by Gasteiger charge is -2.30. The van der Waals surface area contributed by atoms with Crippen molar-refractivity contribution in [3.8, 4) is 0 Å². The van der Waals surface area contributed by atoms with E-state index in [9.17, 15) is 4.79 Å². The smallest absolute Gasteiger partial charge is 0.244 e. The zero-order valence-electron chi connectivity index (χ0n) is 11.1. The number of carbonyl (C=O) groups is 1. The Labute approximate surface area is 116 Å². The molecule has 5 heteroatoms. The predicted octanol–water partition coefficient (Wildman–Crippen LogP) is 2.72. The highest BCUT2D eigenvalue weighted by molar-refractivity contribution is 7.16. The fraction of sp³-hybridized carbons (Fsp3) is 0.429. The zero-order valence-corrected chi connectivity index (χ0v) is 12.0. The summed E-state index contributed by atoms with van der Waals surface area (Å²) in [4.78, 5) is 18.9. The van der Waals surface area contributed by atoms with E-state index in [0.29, 0.717) is 0 Å². The molecule has 0 aliphatic carbocycles. The average molecular weight is 275 g/mol. The first-order valence-electron chi connectivity index (χ1n) is 6.45. The SMILES string of the molecule is CN1CCCC1(C)C(=O)Nc1ccc2scnc2c1. The summed E-state index contributed by atoms with van der Waals surface area (Å²) in [5.41, 5.74) is 3.19. The van der Waals surface area contributed by atoms with Crippen LogP contribution in [-0.2, 0) is 4.79 Å². The van der Waals surface area contributed by atoms with Crippen molar-refractivity contribution < 1.29 is 4.79 Å². The Balaban J connectivity index is 1.82. The van der Waals surface area contributed by atoms with Crippen molar-refractivity contribution >= 4 is 33.1 Å². The third-order valence-corrected chi connectivity index (χ3v) is 4.89. The fourth-order valence-corrected chi connectivity index (χ4v) is 3.25. The first-order chi connectivity index (χ1) is 9.09. The standard InChI is InChI=1S/C14H17N3OS/c1-14(6-3-7-17(14)2)13(18)16-10-4-5-12-11(8-10)15-9-19-12/h4-5,8-9H,3,6-7H2,1-2H3,(H,16,18). The predicted molar refractivity (Wildman–Crippen MR) is 78.5 cm³/mol. The summed E-state index contributed by atoms with van der Waals surface area (Å²) in [5, 5.41) is 3.02. The molecule has 1 unspecified atom stereocenters. The number of nitrogens with one attached hydrogen (secondary N) is 1. The van der Waals surface area contributed by atoms with Gasteiger partial charge >= 0.3 is 0 Å². The monoisotopic (exact) mass is 275 g/mol. The molecule has 0 bridgehead atoms. The highest BCUT2D eigenvalue weighted by Crippen LogP contribution is 2.29. The molecule has 100 valence electrons. The summed E-state index contributed by atoms with van der Waals surface area (Å²) in [7, 11) is 2.01. The van der Waals surface area contributed by atoms with Crippen LogP contribution in [0.4, 0.5) is 5.69 Å². The molecular formula is C14H17N3OS. The Morgan fingerprint density at radius 1 is 1.53 bits per heavy atom. The second-order valence-electron chi connectivity index (χ2n) is 5.29. The second kappa shape index (κ2) is 4.58. The topological polar surface area (TPSA) is 45.2 Å². The lowest BCUT2D eigenvalue weighted by molar-refractivity contribution is -0.124. The number of anilines is 1. The van der Waals surface area contributed by atoms with Gasteiger partial charge in [0.1, 0.15) is 0 Å². The van der Waals surface area contributed by atoms with Crippen LogP contribution in [0.2, 0.25) is 0 Å². The Kier molecular flexibility index (Phi) is 3.03. The van der Waals surface area contributed by atoms with Crippen molar-refractivity contribution in [1.82, 2.24) is 9.88 Å². The van der Waals surface area contributed by atoms with Crippen LogP contribution < -0.4 is 5.32 Å². The molecule has 0 saturated carbocycles. The van der Waals surface area contributed by atoms with Gasteiger partial charge in [-0.1, -0.05) is 0 Å². The van der Waals surface area contributed by atoms with Gasteiger partial charge in [0.2, 0.25) is 5.91 Å². The van der Waals surface area contributed by atoms with Crippen LogP contribution >= 0.6 is 11.3 Å². The van der Waals surface area contributed by atoms with Crippen LogP contribution in [0.15, 0.2) is 23.7 Å². The van der Waals surface area contributed by atoms with Gasteiger partial charge in [0.25, 0.3) is 0 Å². The minimum absolute atomic E-state index is 0.0714. The summed E-state index contributed by atoms with van der Waals surface area (Å²) in [5.74, 6) is 0.0714. The van der Waals surface area contributed by atoms with Gasteiger partial charge in [0.15, 0.2) is 0 Å². The van der Waals surface area contributed by atoms with Gasteiger partial charge in [0.05, 0.1) is 21.3 Å². The number of carbonyl (C=O) groups excluding carboxylic acids is 1. The van der Waals surface area contributed by atoms with E-state index < -0.39 is 5.54 Å². The molecule has 3 rings (SSSR count). The maximum atomic E-state index is 12.5. The Morgan fingerprint density at radius 2 is 2.37 bits per heavy atom. The van der Waals surface area contributed by atoms with Crippen molar-refractivity contribution in [2.24, 2.45) is 0 Å². The molecule has 0 spiro atoms. The Morgan fingerprint density at radius 3 is 3.11 bits per heavy atom. The summed E-state index contributed by atoms with van der Waals surface area (Å²) in [6.45, 7) is 2.99. The van der Waals surface area contributed by atoms with Crippen LogP contribution in [0.25, 0.3) is 10.2 Å². The van der Waals surface area contributed by atoms with E-state index >= 15 is 0 Å². The molecule has 1 aliphatic heterocycles. The van der Waals surface area contributed by atoms with Gasteiger partial charge < -0.3 is 5.32 Å². The van der Waals surface area contributed by atoms with Gasteiger partial charge in [-0.3, -0.25) is 9.69 Å². The maximum absolute atomic E-state index is 12.5. The van der Waals surface area contributed by atoms with Crippen LogP contribution in [0.3, 0.4) is 0 Å². The lowest BCUT2D eigenvalue weighted by atomic mass is 9.98. The number of rotatable bonds is 2. The van der Waals surface area contributed by atoms with Crippen LogP contribution in [0, 0.1) is 0 Å². The summed E-state index contributed by atoms with van der Waals surface area (Å²) in [6, 6.07) is 5.88. The number of hydrogen-bond donors (Lipinski definition) is 1. The van der Waals surface area contributed by atoms with E-state index in [1.807, 2.05) is 37.7 Å².